The molecule has 1 atom stereocenters. The van der Waals surface area contributed by atoms with E-state index in [4.69, 9.17) is 10.5 Å². The van der Waals surface area contributed by atoms with Crippen molar-refractivity contribution in [2.45, 2.75) is 13.0 Å². The fourth-order valence-corrected chi connectivity index (χ4v) is 1.47. The van der Waals surface area contributed by atoms with Gasteiger partial charge in [0.1, 0.15) is 5.75 Å². The summed E-state index contributed by atoms with van der Waals surface area (Å²) in [5, 5.41) is 0. The van der Waals surface area contributed by atoms with Crippen LogP contribution in [0, 0.1) is 0 Å². The highest BCUT2D eigenvalue weighted by Gasteiger charge is 2.06. The lowest BCUT2D eigenvalue weighted by atomic mass is 10.1. The Labute approximate surface area is 89.8 Å². The normalized spacial score (nSPS) is 12.5. The monoisotopic (exact) mass is 211 g/mol. The SMILES string of the molecule is CSCCOc1ccccc1[C@H](C)N. The number of ether oxygens (including phenoxy) is 1. The molecule has 0 radical (unpaired) electrons. The lowest BCUT2D eigenvalue weighted by Crippen LogP contribution is -2.09. The third-order valence-electron chi connectivity index (χ3n) is 1.95. The zero-order valence-corrected chi connectivity index (χ0v) is 9.51. The molecule has 2 N–H and O–H groups in total. The molecule has 1 aromatic carbocycles. The second-order valence-electron chi connectivity index (χ2n) is 3.17. The Morgan fingerprint density at radius 1 is 1.43 bits per heavy atom. The second kappa shape index (κ2) is 5.94. The van der Waals surface area contributed by atoms with Crippen molar-refractivity contribution in [1.82, 2.24) is 0 Å². The van der Waals surface area contributed by atoms with Crippen LogP contribution in [-0.2, 0) is 0 Å². The van der Waals surface area contributed by atoms with Crippen LogP contribution in [-0.4, -0.2) is 18.6 Å². The molecule has 1 aromatic rings. The molecular formula is C11H17NOS. The summed E-state index contributed by atoms with van der Waals surface area (Å²) in [5.41, 5.74) is 6.91. The lowest BCUT2D eigenvalue weighted by Gasteiger charge is -2.13. The molecule has 0 saturated carbocycles. The quantitative estimate of drug-likeness (QED) is 0.760. The molecule has 0 saturated heterocycles. The molecule has 0 bridgehead atoms. The summed E-state index contributed by atoms with van der Waals surface area (Å²) >= 11 is 1.78. The van der Waals surface area contributed by atoms with Gasteiger partial charge in [-0.15, -0.1) is 0 Å². The first-order chi connectivity index (χ1) is 6.75. The highest BCUT2D eigenvalue weighted by molar-refractivity contribution is 7.98. The molecule has 3 heteroatoms. The van der Waals surface area contributed by atoms with Crippen LogP contribution in [0.3, 0.4) is 0 Å². The zero-order chi connectivity index (χ0) is 10.4. The molecule has 2 nitrogen and oxygen atoms in total. The van der Waals surface area contributed by atoms with Gasteiger partial charge in [-0.25, -0.2) is 0 Å². The van der Waals surface area contributed by atoms with E-state index in [1.807, 2.05) is 31.2 Å². The van der Waals surface area contributed by atoms with Crippen LogP contribution in [0.15, 0.2) is 24.3 Å². The largest absolute Gasteiger partial charge is 0.492 e. The van der Waals surface area contributed by atoms with E-state index < -0.39 is 0 Å². The number of thioether (sulfide) groups is 1. The van der Waals surface area contributed by atoms with E-state index in [-0.39, 0.29) is 6.04 Å². The van der Waals surface area contributed by atoms with E-state index in [1.165, 1.54) is 0 Å². The average molecular weight is 211 g/mol. The topological polar surface area (TPSA) is 35.2 Å². The minimum atomic E-state index is 0.0282. The Kier molecular flexibility index (Phi) is 4.84. The second-order valence-corrected chi connectivity index (χ2v) is 4.15. The third kappa shape index (κ3) is 3.24. The fourth-order valence-electron chi connectivity index (χ4n) is 1.22. The molecule has 0 amide bonds. The molecule has 0 fully saturated rings. The van der Waals surface area contributed by atoms with Crippen molar-refractivity contribution in [1.29, 1.82) is 0 Å². The first-order valence-corrected chi connectivity index (χ1v) is 6.11. The molecule has 1 rings (SSSR count). The lowest BCUT2D eigenvalue weighted by molar-refractivity contribution is 0.338. The molecule has 0 unspecified atom stereocenters. The highest BCUT2D eigenvalue weighted by Crippen LogP contribution is 2.23. The maximum absolute atomic E-state index is 5.83. The number of nitrogens with two attached hydrogens (primary N) is 1. The van der Waals surface area contributed by atoms with Crippen LogP contribution in [0.2, 0.25) is 0 Å². The van der Waals surface area contributed by atoms with E-state index in [0.717, 1.165) is 23.7 Å². The van der Waals surface area contributed by atoms with E-state index in [1.54, 1.807) is 11.8 Å². The van der Waals surface area contributed by atoms with Crippen LogP contribution in [0.1, 0.15) is 18.5 Å². The van der Waals surface area contributed by atoms with Crippen molar-refractivity contribution in [2.75, 3.05) is 18.6 Å². The van der Waals surface area contributed by atoms with Gasteiger partial charge in [0.2, 0.25) is 0 Å². The van der Waals surface area contributed by atoms with Crippen LogP contribution >= 0.6 is 11.8 Å². The molecule has 0 aliphatic rings. The van der Waals surface area contributed by atoms with Crippen LogP contribution in [0.4, 0.5) is 0 Å². The van der Waals surface area contributed by atoms with Gasteiger partial charge in [0.05, 0.1) is 6.61 Å². The van der Waals surface area contributed by atoms with Gasteiger partial charge in [-0.1, -0.05) is 18.2 Å². The maximum atomic E-state index is 5.83. The van der Waals surface area contributed by atoms with Gasteiger partial charge in [0.25, 0.3) is 0 Å². The zero-order valence-electron chi connectivity index (χ0n) is 8.69. The summed E-state index contributed by atoms with van der Waals surface area (Å²) in [6.45, 7) is 2.71. The summed E-state index contributed by atoms with van der Waals surface area (Å²) in [4.78, 5) is 0. The first kappa shape index (κ1) is 11.4. The number of rotatable bonds is 5. The predicted octanol–water partition coefficient (Wildman–Crippen LogP) is 2.45. The number of benzene rings is 1. The molecule has 0 spiro atoms. The highest BCUT2D eigenvalue weighted by atomic mass is 32.2. The Bertz CT molecular complexity index is 276. The minimum Gasteiger partial charge on any atom is -0.492 e. The Hall–Kier alpha value is -0.670. The van der Waals surface area contributed by atoms with Gasteiger partial charge >= 0.3 is 0 Å². The van der Waals surface area contributed by atoms with Crippen molar-refractivity contribution in [3.8, 4) is 5.75 Å². The summed E-state index contributed by atoms with van der Waals surface area (Å²) in [6.07, 6.45) is 2.07. The van der Waals surface area contributed by atoms with Crippen molar-refractivity contribution in [2.24, 2.45) is 5.73 Å². The van der Waals surface area contributed by atoms with E-state index >= 15 is 0 Å². The number of hydrogen-bond acceptors (Lipinski definition) is 3. The molecule has 0 aliphatic heterocycles. The van der Waals surface area contributed by atoms with E-state index in [0.29, 0.717) is 0 Å². The molecular weight excluding hydrogens is 194 g/mol. The summed E-state index contributed by atoms with van der Waals surface area (Å²) in [5.74, 6) is 1.92. The van der Waals surface area contributed by atoms with Gasteiger partial charge in [0.15, 0.2) is 0 Å². The van der Waals surface area contributed by atoms with Gasteiger partial charge < -0.3 is 10.5 Å². The van der Waals surface area contributed by atoms with Crippen molar-refractivity contribution >= 4 is 11.8 Å². The Morgan fingerprint density at radius 3 is 2.79 bits per heavy atom. The van der Waals surface area contributed by atoms with Gasteiger partial charge in [-0.2, -0.15) is 11.8 Å². The van der Waals surface area contributed by atoms with Crippen LogP contribution in [0.25, 0.3) is 0 Å². The van der Waals surface area contributed by atoms with E-state index in [9.17, 15) is 0 Å². The first-order valence-electron chi connectivity index (χ1n) is 4.72. The fraction of sp³-hybridized carbons (Fsp3) is 0.455. The van der Waals surface area contributed by atoms with Crippen molar-refractivity contribution in [3.05, 3.63) is 29.8 Å². The van der Waals surface area contributed by atoms with Crippen LogP contribution < -0.4 is 10.5 Å². The molecule has 0 heterocycles. The molecule has 0 aromatic heterocycles. The summed E-state index contributed by atoms with van der Waals surface area (Å²) in [6, 6.07) is 7.97. The Balaban J connectivity index is 2.64. The van der Waals surface area contributed by atoms with Crippen molar-refractivity contribution < 1.29 is 4.74 Å². The van der Waals surface area contributed by atoms with Gasteiger partial charge in [-0.05, 0) is 19.2 Å². The molecule has 14 heavy (non-hydrogen) atoms. The third-order valence-corrected chi connectivity index (χ3v) is 2.53. The maximum Gasteiger partial charge on any atom is 0.124 e. The minimum absolute atomic E-state index is 0.0282. The van der Waals surface area contributed by atoms with Crippen molar-refractivity contribution in [3.63, 3.8) is 0 Å². The van der Waals surface area contributed by atoms with Gasteiger partial charge in [-0.3, -0.25) is 0 Å². The summed E-state index contributed by atoms with van der Waals surface area (Å²) < 4.78 is 5.64. The predicted molar refractivity (Wildman–Crippen MR) is 62.9 cm³/mol. The number of hydrogen-bond donors (Lipinski definition) is 1. The average Bonchev–Trinajstić information content (AvgIpc) is 2.19. The molecule has 78 valence electrons. The van der Waals surface area contributed by atoms with Gasteiger partial charge in [0, 0.05) is 17.4 Å². The van der Waals surface area contributed by atoms with E-state index in [2.05, 4.69) is 6.26 Å². The molecule has 0 aliphatic carbocycles. The standard InChI is InChI=1S/C11H17NOS/c1-9(12)10-5-3-4-6-11(10)13-7-8-14-2/h3-6,9H,7-8,12H2,1-2H3/t9-/m0/s1. The smallest absolute Gasteiger partial charge is 0.124 e. The summed E-state index contributed by atoms with van der Waals surface area (Å²) in [7, 11) is 0. The number of para-hydroxylation sites is 1. The van der Waals surface area contributed by atoms with Crippen LogP contribution in [0.5, 0.6) is 5.75 Å². The Morgan fingerprint density at radius 2 is 2.14 bits per heavy atom.